The lowest BCUT2D eigenvalue weighted by molar-refractivity contribution is 0.219. The minimum atomic E-state index is 0.540. The van der Waals surface area contributed by atoms with Crippen molar-refractivity contribution >= 4 is 0 Å². The molecule has 0 saturated heterocycles. The fraction of sp³-hybridized carbons (Fsp3) is 0.684. The van der Waals surface area contributed by atoms with Crippen molar-refractivity contribution in [3.8, 4) is 0 Å². The Kier molecular flexibility index (Phi) is 5.65. The largest absolute Gasteiger partial charge is 0.313 e. The van der Waals surface area contributed by atoms with E-state index in [4.69, 9.17) is 0 Å². The van der Waals surface area contributed by atoms with Crippen molar-refractivity contribution in [3.63, 3.8) is 0 Å². The molecule has 1 heteroatoms. The second kappa shape index (κ2) is 7.26. The highest BCUT2D eigenvalue weighted by molar-refractivity contribution is 5.33. The topological polar surface area (TPSA) is 12.0 Å². The third-order valence-electron chi connectivity index (χ3n) is 5.13. The van der Waals surface area contributed by atoms with Gasteiger partial charge in [-0.2, -0.15) is 0 Å². The minimum Gasteiger partial charge on any atom is -0.313 e. The second-order valence-electron chi connectivity index (χ2n) is 6.70. The van der Waals surface area contributed by atoms with Crippen LogP contribution in [0, 0.1) is 25.7 Å². The molecule has 1 atom stereocenters. The van der Waals surface area contributed by atoms with Crippen LogP contribution in [0.4, 0.5) is 0 Å². The maximum absolute atomic E-state index is 3.60. The van der Waals surface area contributed by atoms with Crippen molar-refractivity contribution in [1.82, 2.24) is 5.32 Å². The number of hydrogen-bond donors (Lipinski definition) is 1. The van der Waals surface area contributed by atoms with Gasteiger partial charge in [0.1, 0.15) is 0 Å². The van der Waals surface area contributed by atoms with Crippen molar-refractivity contribution in [3.05, 3.63) is 34.9 Å². The van der Waals surface area contributed by atoms with Crippen molar-refractivity contribution in [1.29, 1.82) is 0 Å². The Bertz CT molecular complexity index is 416. The minimum absolute atomic E-state index is 0.540. The zero-order chi connectivity index (χ0) is 14.5. The van der Waals surface area contributed by atoms with Crippen LogP contribution in [-0.2, 0) is 0 Å². The van der Waals surface area contributed by atoms with Gasteiger partial charge in [0.25, 0.3) is 0 Å². The standard InChI is InChI=1S/C19H31N/c1-5-6-16-8-10-17(11-9-16)19(20-4)18-12-7-14(2)13-15(18)3/h7,12-13,16-17,19-20H,5-6,8-11H2,1-4H3. The molecule has 0 aliphatic heterocycles. The van der Waals surface area contributed by atoms with Crippen LogP contribution < -0.4 is 5.32 Å². The summed E-state index contributed by atoms with van der Waals surface area (Å²) in [6.45, 7) is 6.76. The van der Waals surface area contributed by atoms with Crippen LogP contribution in [0.15, 0.2) is 18.2 Å². The van der Waals surface area contributed by atoms with Gasteiger partial charge >= 0.3 is 0 Å². The molecule has 0 bridgehead atoms. The highest BCUT2D eigenvalue weighted by Gasteiger charge is 2.28. The first-order chi connectivity index (χ1) is 9.65. The van der Waals surface area contributed by atoms with Gasteiger partial charge in [-0.05, 0) is 56.7 Å². The summed E-state index contributed by atoms with van der Waals surface area (Å²) in [6, 6.07) is 7.46. The first-order valence-electron chi connectivity index (χ1n) is 8.40. The zero-order valence-electron chi connectivity index (χ0n) is 13.7. The highest BCUT2D eigenvalue weighted by atomic mass is 14.9. The lowest BCUT2D eigenvalue weighted by atomic mass is 9.75. The Hall–Kier alpha value is -0.820. The van der Waals surface area contributed by atoms with Gasteiger partial charge in [0.05, 0.1) is 0 Å². The van der Waals surface area contributed by atoms with Crippen molar-refractivity contribution in [2.24, 2.45) is 11.8 Å². The number of rotatable bonds is 5. The summed E-state index contributed by atoms with van der Waals surface area (Å²) >= 11 is 0. The molecule has 0 heterocycles. The number of aryl methyl sites for hydroxylation is 2. The van der Waals surface area contributed by atoms with E-state index >= 15 is 0 Å². The van der Waals surface area contributed by atoms with Gasteiger partial charge in [-0.1, -0.05) is 56.4 Å². The van der Waals surface area contributed by atoms with E-state index in [1.165, 1.54) is 55.2 Å². The Morgan fingerprint density at radius 3 is 2.40 bits per heavy atom. The van der Waals surface area contributed by atoms with E-state index in [-0.39, 0.29) is 0 Å². The molecule has 1 nitrogen and oxygen atoms in total. The Balaban J connectivity index is 2.05. The fourth-order valence-electron chi connectivity index (χ4n) is 4.04. The second-order valence-corrected chi connectivity index (χ2v) is 6.70. The summed E-state index contributed by atoms with van der Waals surface area (Å²) < 4.78 is 0. The number of nitrogens with one attached hydrogen (secondary N) is 1. The van der Waals surface area contributed by atoms with Gasteiger partial charge in [-0.3, -0.25) is 0 Å². The van der Waals surface area contributed by atoms with Gasteiger partial charge in [-0.25, -0.2) is 0 Å². The average Bonchev–Trinajstić information content (AvgIpc) is 2.44. The van der Waals surface area contributed by atoms with Gasteiger partial charge in [-0.15, -0.1) is 0 Å². The van der Waals surface area contributed by atoms with Crippen molar-refractivity contribution < 1.29 is 0 Å². The summed E-state index contributed by atoms with van der Waals surface area (Å²) in [5.41, 5.74) is 4.32. The van der Waals surface area contributed by atoms with Crippen molar-refractivity contribution in [2.75, 3.05) is 7.05 Å². The number of benzene rings is 1. The molecular weight excluding hydrogens is 242 g/mol. The molecule has 1 N–H and O–H groups in total. The van der Waals surface area contributed by atoms with Crippen LogP contribution in [0.2, 0.25) is 0 Å². The average molecular weight is 273 g/mol. The Morgan fingerprint density at radius 2 is 1.85 bits per heavy atom. The molecule has 1 saturated carbocycles. The van der Waals surface area contributed by atoms with Crippen LogP contribution in [0.3, 0.4) is 0 Å². The van der Waals surface area contributed by atoms with E-state index in [0.29, 0.717) is 6.04 Å². The molecule has 1 unspecified atom stereocenters. The van der Waals surface area contributed by atoms with E-state index in [1.54, 1.807) is 0 Å². The summed E-state index contributed by atoms with van der Waals surface area (Å²) in [5.74, 6) is 1.81. The van der Waals surface area contributed by atoms with Crippen LogP contribution in [-0.4, -0.2) is 7.05 Å². The third kappa shape index (κ3) is 3.63. The van der Waals surface area contributed by atoms with E-state index in [2.05, 4.69) is 51.3 Å². The van der Waals surface area contributed by atoms with Crippen LogP contribution >= 0.6 is 0 Å². The van der Waals surface area contributed by atoms with Gasteiger partial charge < -0.3 is 5.32 Å². The van der Waals surface area contributed by atoms with Crippen molar-refractivity contribution in [2.45, 2.75) is 65.3 Å². The monoisotopic (exact) mass is 273 g/mol. The molecule has 1 aromatic rings. The smallest absolute Gasteiger partial charge is 0.0348 e. The number of hydrogen-bond acceptors (Lipinski definition) is 1. The van der Waals surface area contributed by atoms with Crippen LogP contribution in [0.25, 0.3) is 0 Å². The first kappa shape index (κ1) is 15.6. The predicted molar refractivity (Wildman–Crippen MR) is 88.1 cm³/mol. The Labute approximate surface area is 125 Å². The highest BCUT2D eigenvalue weighted by Crippen LogP contribution is 2.39. The lowest BCUT2D eigenvalue weighted by Crippen LogP contribution is -2.29. The summed E-state index contributed by atoms with van der Waals surface area (Å²) in [4.78, 5) is 0. The molecule has 112 valence electrons. The predicted octanol–water partition coefficient (Wildman–Crippen LogP) is 5.17. The molecule has 20 heavy (non-hydrogen) atoms. The van der Waals surface area contributed by atoms with Crippen LogP contribution in [0.5, 0.6) is 0 Å². The zero-order valence-corrected chi connectivity index (χ0v) is 13.7. The molecule has 1 fully saturated rings. The Morgan fingerprint density at radius 1 is 1.15 bits per heavy atom. The van der Waals surface area contributed by atoms with Gasteiger partial charge in [0.15, 0.2) is 0 Å². The molecule has 1 aliphatic carbocycles. The van der Waals surface area contributed by atoms with E-state index in [1.807, 2.05) is 0 Å². The molecular formula is C19H31N. The molecule has 0 spiro atoms. The molecule has 0 aromatic heterocycles. The quantitative estimate of drug-likeness (QED) is 0.780. The van der Waals surface area contributed by atoms with Gasteiger partial charge in [0.2, 0.25) is 0 Å². The molecule has 1 aliphatic rings. The normalized spacial score (nSPS) is 24.6. The maximum atomic E-state index is 3.60. The molecule has 0 amide bonds. The van der Waals surface area contributed by atoms with Gasteiger partial charge in [0, 0.05) is 6.04 Å². The summed E-state index contributed by atoms with van der Waals surface area (Å²) in [7, 11) is 2.13. The molecule has 0 radical (unpaired) electrons. The summed E-state index contributed by atoms with van der Waals surface area (Å²) in [5, 5.41) is 3.60. The van der Waals surface area contributed by atoms with E-state index in [9.17, 15) is 0 Å². The van der Waals surface area contributed by atoms with Crippen LogP contribution in [0.1, 0.15) is 68.2 Å². The van der Waals surface area contributed by atoms with E-state index < -0.39 is 0 Å². The third-order valence-corrected chi connectivity index (χ3v) is 5.13. The van der Waals surface area contributed by atoms with E-state index in [0.717, 1.165) is 11.8 Å². The fourth-order valence-corrected chi connectivity index (χ4v) is 4.04. The molecule has 2 rings (SSSR count). The summed E-state index contributed by atoms with van der Waals surface area (Å²) in [6.07, 6.45) is 8.43. The maximum Gasteiger partial charge on any atom is 0.0348 e. The molecule has 1 aromatic carbocycles. The first-order valence-corrected chi connectivity index (χ1v) is 8.40. The lowest BCUT2D eigenvalue weighted by Gasteiger charge is -2.34. The SMILES string of the molecule is CCCC1CCC(C(NC)c2ccc(C)cc2C)CC1.